The van der Waals surface area contributed by atoms with Crippen LogP contribution in [0.15, 0.2) is 77.8 Å². The van der Waals surface area contributed by atoms with Gasteiger partial charge in [0.15, 0.2) is 11.4 Å². The number of nitro benzene ring substituents is 1. The quantitative estimate of drug-likeness (QED) is 0.0896. The van der Waals surface area contributed by atoms with Crippen LogP contribution >= 0.6 is 0 Å². The number of aromatic amines is 1. The summed E-state index contributed by atoms with van der Waals surface area (Å²) in [7, 11) is -4.68. The maximum absolute atomic E-state index is 14.7. The third-order valence-corrected chi connectivity index (χ3v) is 17.8. The topological polar surface area (TPSA) is 194 Å². The van der Waals surface area contributed by atoms with Gasteiger partial charge in [0.1, 0.15) is 24.0 Å². The van der Waals surface area contributed by atoms with Crippen molar-refractivity contribution >= 4 is 55.4 Å². The summed E-state index contributed by atoms with van der Waals surface area (Å²) in [6, 6.07) is 21.2. The van der Waals surface area contributed by atoms with Crippen LogP contribution in [-0.4, -0.2) is 111 Å². The molecular weight excluding hydrogens is 913 g/mol. The number of hydrogen-bond donors (Lipinski definition) is 3. The number of rotatable bonds is 10. The molecule has 6 aliphatic heterocycles. The van der Waals surface area contributed by atoms with Gasteiger partial charge in [0.2, 0.25) is 5.88 Å². The van der Waals surface area contributed by atoms with Crippen LogP contribution in [0.4, 0.5) is 28.4 Å². The van der Waals surface area contributed by atoms with E-state index in [4.69, 9.17) is 23.9 Å². The number of hydrogen-bond acceptors (Lipinski definition) is 14. The molecule has 17 nitrogen and oxygen atoms in total. The molecule has 0 unspecified atom stereocenters. The van der Waals surface area contributed by atoms with Crippen molar-refractivity contribution in [1.29, 1.82) is 0 Å². The van der Waals surface area contributed by atoms with Gasteiger partial charge < -0.3 is 39.0 Å². The molecule has 1 saturated carbocycles. The number of anilines is 4. The Balaban J connectivity index is 0.831. The summed E-state index contributed by atoms with van der Waals surface area (Å²) in [5, 5.41) is 16.6. The standard InChI is InChI=1S/C52H60N8O9S/c1-31(2)37-6-3-4-7-38(37)41-8-5-17-58(41)35-26-52(27-35)14-18-57(19-15-52)34-9-10-39(42(23-34)59-44-22-33-11-16-53-49(33)55-51(44)69-47-30-67-29-45(47)59)50(61)56-70(64,65)36-24-43(60(62)63)48-46(25-36)68-28-40(54-48)32-12-20-66-21-13-32/h3-4,6-7,9-11,16,22-25,31-32,35,40-41,45,47,54H,5,8,12-15,17-21,26-30H2,1-2H3,(H,53,55)(H,56,61)/t40-,41+,45-,47-/m1/s1. The first-order valence-electron chi connectivity index (χ1n) is 25.0. The first-order valence-corrected chi connectivity index (χ1v) is 26.5. The van der Waals surface area contributed by atoms with E-state index in [1.807, 2.05) is 29.2 Å². The Morgan fingerprint density at radius 3 is 2.56 bits per heavy atom. The van der Waals surface area contributed by atoms with E-state index in [9.17, 15) is 23.3 Å². The lowest BCUT2D eigenvalue weighted by atomic mass is 9.59. The summed E-state index contributed by atoms with van der Waals surface area (Å²) < 4.78 is 54.9. The summed E-state index contributed by atoms with van der Waals surface area (Å²) in [5.74, 6) is 0.167. The summed E-state index contributed by atoms with van der Waals surface area (Å²) in [5.41, 5.74) is 5.66. The number of H-pyrrole nitrogens is 1. The van der Waals surface area contributed by atoms with Crippen molar-refractivity contribution in [3.8, 4) is 11.6 Å². The van der Waals surface area contributed by atoms with Crippen LogP contribution in [0.1, 0.15) is 98.7 Å². The monoisotopic (exact) mass is 972 g/mol. The van der Waals surface area contributed by atoms with E-state index < -0.39 is 37.5 Å². The second kappa shape index (κ2) is 17.7. The van der Waals surface area contributed by atoms with Gasteiger partial charge in [-0.05, 0) is 117 Å². The van der Waals surface area contributed by atoms with Gasteiger partial charge in [0, 0.05) is 67.8 Å². The summed E-state index contributed by atoms with van der Waals surface area (Å²) in [4.78, 5) is 41.3. The van der Waals surface area contributed by atoms with Crippen LogP contribution in [-0.2, 0) is 19.5 Å². The number of piperidine rings is 1. The molecule has 5 fully saturated rings. The minimum atomic E-state index is -4.68. The lowest BCUT2D eigenvalue weighted by Crippen LogP contribution is -2.55. The van der Waals surface area contributed by atoms with Crippen LogP contribution in [0.2, 0.25) is 0 Å². The van der Waals surface area contributed by atoms with Gasteiger partial charge in [0.25, 0.3) is 21.6 Å². The molecule has 0 bridgehead atoms. The van der Waals surface area contributed by atoms with E-state index in [-0.39, 0.29) is 47.0 Å². The number of carbonyl (C=O) groups excluding carboxylic acids is 1. The second-order valence-electron chi connectivity index (χ2n) is 20.8. The van der Waals surface area contributed by atoms with Crippen molar-refractivity contribution in [1.82, 2.24) is 19.6 Å². The molecule has 368 valence electrons. The Kier molecular flexibility index (Phi) is 11.4. The molecule has 4 saturated heterocycles. The van der Waals surface area contributed by atoms with Gasteiger partial charge in [-0.15, -0.1) is 0 Å². The first-order chi connectivity index (χ1) is 33.9. The predicted molar refractivity (Wildman–Crippen MR) is 264 cm³/mol. The Bertz CT molecular complexity index is 2960. The van der Waals surface area contributed by atoms with Crippen molar-refractivity contribution < 1.29 is 37.1 Å². The summed E-state index contributed by atoms with van der Waals surface area (Å²) >= 11 is 0. The zero-order chi connectivity index (χ0) is 47.9. The van der Waals surface area contributed by atoms with Crippen LogP contribution < -0.4 is 29.3 Å². The van der Waals surface area contributed by atoms with E-state index in [0.717, 1.165) is 62.5 Å². The number of benzene rings is 3. The molecule has 4 atom stereocenters. The smallest absolute Gasteiger partial charge is 0.297 e. The Labute approximate surface area is 407 Å². The van der Waals surface area contributed by atoms with Crippen LogP contribution in [0.5, 0.6) is 11.6 Å². The summed E-state index contributed by atoms with van der Waals surface area (Å²) in [6.45, 7) is 9.41. The number of fused-ring (bicyclic) bond motifs is 4. The molecule has 1 amide bonds. The van der Waals surface area contributed by atoms with Crippen molar-refractivity contribution in [2.24, 2.45) is 11.3 Å². The van der Waals surface area contributed by atoms with Crippen LogP contribution in [0.25, 0.3) is 11.0 Å². The van der Waals surface area contributed by atoms with Gasteiger partial charge in [0.05, 0.1) is 46.4 Å². The maximum Gasteiger partial charge on any atom is 0.297 e. The number of ether oxygens (including phenoxy) is 4. The highest BCUT2D eigenvalue weighted by Gasteiger charge is 2.50. The highest BCUT2D eigenvalue weighted by atomic mass is 32.2. The predicted octanol–water partition coefficient (Wildman–Crippen LogP) is 8.20. The van der Waals surface area contributed by atoms with E-state index in [1.54, 1.807) is 12.3 Å². The van der Waals surface area contributed by atoms with Crippen LogP contribution in [0.3, 0.4) is 0 Å². The number of carbonyl (C=O) groups is 1. The fourth-order valence-corrected chi connectivity index (χ4v) is 13.7. The van der Waals surface area contributed by atoms with Crippen molar-refractivity contribution in [3.63, 3.8) is 0 Å². The zero-order valence-electron chi connectivity index (χ0n) is 39.6. The normalized spacial score (nSPS) is 24.6. The Morgan fingerprint density at radius 2 is 1.76 bits per heavy atom. The van der Waals surface area contributed by atoms with Gasteiger partial charge in [-0.2, -0.15) is 4.98 Å². The maximum atomic E-state index is 14.7. The van der Waals surface area contributed by atoms with E-state index in [1.165, 1.54) is 42.9 Å². The Hall–Kier alpha value is -5.95. The number of pyridine rings is 1. The minimum Gasteiger partial charge on any atom is -0.489 e. The number of nitro groups is 1. The number of nitrogens with one attached hydrogen (secondary N) is 3. The molecule has 18 heteroatoms. The lowest BCUT2D eigenvalue weighted by Gasteiger charge is -2.56. The lowest BCUT2D eigenvalue weighted by molar-refractivity contribution is -0.384. The van der Waals surface area contributed by atoms with Crippen molar-refractivity contribution in [2.45, 2.75) is 106 Å². The largest absolute Gasteiger partial charge is 0.489 e. The fourth-order valence-electron chi connectivity index (χ4n) is 12.7. The van der Waals surface area contributed by atoms with Gasteiger partial charge in [-0.1, -0.05) is 38.1 Å². The highest BCUT2D eigenvalue weighted by Crippen LogP contribution is 2.55. The molecule has 1 spiro atoms. The van der Waals surface area contributed by atoms with Gasteiger partial charge in [-0.25, -0.2) is 13.1 Å². The molecular formula is C52H60N8O9S. The molecule has 2 aromatic heterocycles. The zero-order valence-corrected chi connectivity index (χ0v) is 40.4. The fraction of sp³-hybridized carbons (Fsp3) is 0.500. The molecule has 12 rings (SSSR count). The van der Waals surface area contributed by atoms with E-state index in [2.05, 4.69) is 62.9 Å². The summed E-state index contributed by atoms with van der Waals surface area (Å²) in [6.07, 6.45) is 9.87. The average molecular weight is 973 g/mol. The molecule has 7 aliphatic rings. The molecule has 8 heterocycles. The number of amides is 1. The Morgan fingerprint density at radius 1 is 0.943 bits per heavy atom. The molecule has 70 heavy (non-hydrogen) atoms. The first kappa shape index (κ1) is 45.2. The molecule has 1 aliphatic carbocycles. The molecule has 3 aromatic carbocycles. The van der Waals surface area contributed by atoms with E-state index in [0.29, 0.717) is 67.3 Å². The van der Waals surface area contributed by atoms with Crippen molar-refractivity contribution in [3.05, 3.63) is 99.7 Å². The van der Waals surface area contributed by atoms with Crippen LogP contribution in [0, 0.1) is 21.4 Å². The third-order valence-electron chi connectivity index (χ3n) is 16.5. The van der Waals surface area contributed by atoms with Crippen molar-refractivity contribution in [2.75, 3.05) is 67.8 Å². The molecule has 3 N–H and O–H groups in total. The number of aromatic nitrogens is 2. The molecule has 0 radical (unpaired) electrons. The average Bonchev–Trinajstić information content (AvgIpc) is 4.16. The highest BCUT2D eigenvalue weighted by molar-refractivity contribution is 7.90. The minimum absolute atomic E-state index is 0.0320. The number of nitrogens with zero attached hydrogens (tertiary/aromatic N) is 5. The number of likely N-dealkylation sites (tertiary alicyclic amines) is 1. The van der Waals surface area contributed by atoms with Gasteiger partial charge >= 0.3 is 0 Å². The number of sulfonamides is 1. The van der Waals surface area contributed by atoms with E-state index >= 15 is 0 Å². The van der Waals surface area contributed by atoms with Gasteiger partial charge in [-0.3, -0.25) is 19.8 Å². The second-order valence-corrected chi connectivity index (χ2v) is 22.5. The SMILES string of the molecule is CC(C)c1ccccc1[C@@H]1CCCN1C1CC2(CCN(c3ccc(C(=O)NS(=O)(=O)c4cc5c(c([N+](=O)[O-])c4)N[C@@H](C4CCOCC4)CO5)c(N4c5cc6cc[nH]c6nc5O[C@@H]5COC[C@H]54)c3)CC2)C1. The third kappa shape index (κ3) is 8.00. The molecule has 5 aromatic rings.